The monoisotopic (exact) mass is 256 g/mol. The van der Waals surface area contributed by atoms with E-state index in [-0.39, 0.29) is 29.3 Å². The van der Waals surface area contributed by atoms with Crippen molar-refractivity contribution in [1.29, 1.82) is 0 Å². The minimum Gasteiger partial charge on any atom is -0.462 e. The Bertz CT molecular complexity index is 336. The maximum absolute atomic E-state index is 12.1. The van der Waals surface area contributed by atoms with Crippen LogP contribution in [0, 0.1) is 17.3 Å². The van der Waals surface area contributed by atoms with Crippen LogP contribution in [0.4, 0.5) is 0 Å². The number of esters is 1. The van der Waals surface area contributed by atoms with Crippen molar-refractivity contribution < 1.29 is 9.53 Å². The van der Waals surface area contributed by atoms with E-state index in [0.29, 0.717) is 0 Å². The summed E-state index contributed by atoms with van der Waals surface area (Å²) in [5.41, 5.74) is 0.00579. The summed E-state index contributed by atoms with van der Waals surface area (Å²) in [5, 5.41) is 0.763. The largest absolute Gasteiger partial charge is 0.462 e. The molecule has 2 rings (SSSR count). The van der Waals surface area contributed by atoms with Gasteiger partial charge in [0, 0.05) is 5.03 Å². The van der Waals surface area contributed by atoms with E-state index in [4.69, 9.17) is 16.3 Å². The fourth-order valence-electron chi connectivity index (χ4n) is 2.93. The minimum absolute atomic E-state index is 0.00296. The fourth-order valence-corrected chi connectivity index (χ4v) is 3.07. The van der Waals surface area contributed by atoms with E-state index >= 15 is 0 Å². The molecule has 2 aliphatic rings. The van der Waals surface area contributed by atoms with Crippen LogP contribution in [0.3, 0.4) is 0 Å². The van der Waals surface area contributed by atoms with Gasteiger partial charge in [-0.25, -0.2) is 0 Å². The van der Waals surface area contributed by atoms with Gasteiger partial charge < -0.3 is 4.74 Å². The van der Waals surface area contributed by atoms with Crippen molar-refractivity contribution in [2.75, 3.05) is 0 Å². The van der Waals surface area contributed by atoms with Crippen LogP contribution in [-0.2, 0) is 9.53 Å². The Morgan fingerprint density at radius 3 is 2.47 bits per heavy atom. The van der Waals surface area contributed by atoms with Gasteiger partial charge in [-0.2, -0.15) is 0 Å². The Hall–Kier alpha value is -0.500. The molecule has 0 aromatic carbocycles. The second kappa shape index (κ2) is 4.64. The number of hydrogen-bond donors (Lipinski definition) is 0. The molecule has 0 bridgehead atoms. The molecule has 0 radical (unpaired) electrons. The first-order valence-electron chi connectivity index (χ1n) is 6.47. The molecule has 17 heavy (non-hydrogen) atoms. The van der Waals surface area contributed by atoms with Crippen molar-refractivity contribution in [2.45, 2.75) is 52.6 Å². The standard InChI is InChI=1S/C14H21ClO2/c1-9(15)8-11-12(14(11,2)3)13(16)17-10-6-4-5-7-10/h8,10-12H,4-7H2,1-3H3/b9-8-/t11-,12+/m1/s1. The zero-order chi connectivity index (χ0) is 12.6. The van der Waals surface area contributed by atoms with Gasteiger partial charge in [-0.3, -0.25) is 4.79 Å². The van der Waals surface area contributed by atoms with Gasteiger partial charge >= 0.3 is 5.97 Å². The van der Waals surface area contributed by atoms with Crippen LogP contribution in [0.5, 0.6) is 0 Å². The Balaban J connectivity index is 1.94. The summed E-state index contributed by atoms with van der Waals surface area (Å²) in [6.07, 6.45) is 6.61. The lowest BCUT2D eigenvalue weighted by Crippen LogP contribution is -2.18. The molecule has 0 saturated heterocycles. The molecule has 0 spiro atoms. The quantitative estimate of drug-likeness (QED) is 0.716. The highest BCUT2D eigenvalue weighted by atomic mass is 35.5. The predicted molar refractivity (Wildman–Crippen MR) is 68.7 cm³/mol. The SMILES string of the molecule is C/C(Cl)=C/[C@@H]1[C@@H](C(=O)OC2CCCC2)C1(C)C. The smallest absolute Gasteiger partial charge is 0.310 e. The van der Waals surface area contributed by atoms with E-state index in [0.717, 1.165) is 17.9 Å². The van der Waals surface area contributed by atoms with Crippen molar-refractivity contribution in [3.8, 4) is 0 Å². The lowest BCUT2D eigenvalue weighted by Gasteiger charge is -2.11. The lowest BCUT2D eigenvalue weighted by atomic mass is 10.1. The van der Waals surface area contributed by atoms with Gasteiger partial charge in [0.15, 0.2) is 0 Å². The molecule has 2 atom stereocenters. The van der Waals surface area contributed by atoms with E-state index in [9.17, 15) is 4.79 Å². The van der Waals surface area contributed by atoms with Crippen molar-refractivity contribution >= 4 is 17.6 Å². The normalized spacial score (nSPS) is 32.6. The molecule has 0 aromatic heterocycles. The molecule has 0 heterocycles. The van der Waals surface area contributed by atoms with Crippen molar-refractivity contribution in [3.63, 3.8) is 0 Å². The zero-order valence-corrected chi connectivity index (χ0v) is 11.6. The Morgan fingerprint density at radius 1 is 1.35 bits per heavy atom. The third kappa shape index (κ3) is 2.67. The van der Waals surface area contributed by atoms with Crippen LogP contribution in [0.1, 0.15) is 46.5 Å². The summed E-state index contributed by atoms with van der Waals surface area (Å²) < 4.78 is 5.57. The highest BCUT2D eigenvalue weighted by Crippen LogP contribution is 2.60. The molecule has 0 aliphatic heterocycles. The van der Waals surface area contributed by atoms with Gasteiger partial charge in [0.05, 0.1) is 5.92 Å². The summed E-state index contributed by atoms with van der Waals surface area (Å²) in [5.74, 6) is 0.215. The molecular weight excluding hydrogens is 236 g/mol. The van der Waals surface area contributed by atoms with E-state index in [1.807, 2.05) is 13.0 Å². The molecule has 2 aliphatic carbocycles. The first-order chi connectivity index (χ1) is 7.93. The van der Waals surface area contributed by atoms with Gasteiger partial charge in [-0.15, -0.1) is 0 Å². The molecule has 0 N–H and O–H groups in total. The van der Waals surface area contributed by atoms with Crippen LogP contribution in [0.25, 0.3) is 0 Å². The Labute approximate surface area is 108 Å². The number of halogens is 1. The number of allylic oxidation sites excluding steroid dienone is 2. The third-order valence-electron chi connectivity index (χ3n) is 4.16. The highest BCUT2D eigenvalue weighted by molar-refractivity contribution is 6.29. The molecule has 2 saturated carbocycles. The molecule has 0 aromatic rings. The Kier molecular flexibility index (Phi) is 3.53. The maximum atomic E-state index is 12.1. The zero-order valence-electron chi connectivity index (χ0n) is 10.8. The number of ether oxygens (including phenoxy) is 1. The molecule has 3 heteroatoms. The molecular formula is C14H21ClO2. The van der Waals surface area contributed by atoms with Crippen LogP contribution in [0.15, 0.2) is 11.1 Å². The van der Waals surface area contributed by atoms with E-state index in [1.165, 1.54) is 12.8 Å². The van der Waals surface area contributed by atoms with Crippen LogP contribution < -0.4 is 0 Å². The van der Waals surface area contributed by atoms with Crippen molar-refractivity contribution in [3.05, 3.63) is 11.1 Å². The highest BCUT2D eigenvalue weighted by Gasteiger charge is 2.61. The number of rotatable bonds is 3. The summed E-state index contributed by atoms with van der Waals surface area (Å²) in [6.45, 7) is 6.07. The predicted octanol–water partition coefficient (Wildman–Crippen LogP) is 3.89. The number of carbonyl (C=O) groups excluding carboxylic acids is 1. The Morgan fingerprint density at radius 2 is 1.94 bits per heavy atom. The van der Waals surface area contributed by atoms with Crippen molar-refractivity contribution in [1.82, 2.24) is 0 Å². The summed E-state index contributed by atoms with van der Waals surface area (Å²) in [7, 11) is 0. The van der Waals surface area contributed by atoms with Crippen molar-refractivity contribution in [2.24, 2.45) is 17.3 Å². The maximum Gasteiger partial charge on any atom is 0.310 e. The van der Waals surface area contributed by atoms with E-state index < -0.39 is 0 Å². The van der Waals surface area contributed by atoms with E-state index in [1.54, 1.807) is 0 Å². The van der Waals surface area contributed by atoms with Gasteiger partial charge in [-0.05, 0) is 43.9 Å². The van der Waals surface area contributed by atoms with Gasteiger partial charge in [0.2, 0.25) is 0 Å². The minimum atomic E-state index is -0.0268. The second-order valence-corrected chi connectivity index (χ2v) is 6.52. The van der Waals surface area contributed by atoms with Gasteiger partial charge in [0.1, 0.15) is 6.10 Å². The molecule has 96 valence electrons. The third-order valence-corrected chi connectivity index (χ3v) is 4.28. The average molecular weight is 257 g/mol. The van der Waals surface area contributed by atoms with Crippen LogP contribution in [0.2, 0.25) is 0 Å². The first-order valence-corrected chi connectivity index (χ1v) is 6.85. The number of hydrogen-bond acceptors (Lipinski definition) is 2. The summed E-state index contributed by atoms with van der Waals surface area (Å²) in [4.78, 5) is 12.1. The van der Waals surface area contributed by atoms with Gasteiger partial charge in [0.25, 0.3) is 0 Å². The second-order valence-electron chi connectivity index (χ2n) is 5.92. The molecule has 0 amide bonds. The molecule has 2 fully saturated rings. The summed E-state index contributed by atoms with van der Waals surface area (Å²) in [6, 6.07) is 0. The first kappa shape index (κ1) is 12.9. The van der Waals surface area contributed by atoms with Crippen LogP contribution >= 0.6 is 11.6 Å². The number of carbonyl (C=O) groups is 1. The fraction of sp³-hybridized carbons (Fsp3) is 0.786. The van der Waals surface area contributed by atoms with Gasteiger partial charge in [-0.1, -0.05) is 31.5 Å². The van der Waals surface area contributed by atoms with E-state index in [2.05, 4.69) is 13.8 Å². The average Bonchev–Trinajstić information content (AvgIpc) is 2.64. The van der Waals surface area contributed by atoms with Crippen LogP contribution in [-0.4, -0.2) is 12.1 Å². The topological polar surface area (TPSA) is 26.3 Å². The summed E-state index contributed by atoms with van der Waals surface area (Å²) >= 11 is 5.89. The molecule has 0 unspecified atom stereocenters. The molecule has 2 nitrogen and oxygen atoms in total. The lowest BCUT2D eigenvalue weighted by molar-refractivity contribution is -0.151.